The minimum Gasteiger partial charge on any atom is -0.481 e. The van der Waals surface area contributed by atoms with E-state index in [4.69, 9.17) is 5.11 Å². The Morgan fingerprint density at radius 2 is 2.00 bits per heavy atom. The number of carboxylic acid groups (broad SMARTS) is 1. The van der Waals surface area contributed by atoms with Gasteiger partial charge < -0.3 is 15.3 Å². The zero-order chi connectivity index (χ0) is 19.6. The van der Waals surface area contributed by atoms with Gasteiger partial charge in [0.15, 0.2) is 0 Å². The van der Waals surface area contributed by atoms with Gasteiger partial charge in [-0.2, -0.15) is 0 Å². The summed E-state index contributed by atoms with van der Waals surface area (Å²) in [5.41, 5.74) is 2.04. The van der Waals surface area contributed by atoms with Crippen molar-refractivity contribution in [3.05, 3.63) is 29.8 Å². The van der Waals surface area contributed by atoms with Gasteiger partial charge in [0.05, 0.1) is 11.8 Å². The molecule has 2 aliphatic rings. The van der Waals surface area contributed by atoms with E-state index in [2.05, 4.69) is 25.2 Å². The van der Waals surface area contributed by atoms with Crippen LogP contribution in [0.1, 0.15) is 57.4 Å². The topological polar surface area (TPSA) is 86.7 Å². The number of amides is 2. The molecule has 0 aromatic heterocycles. The Morgan fingerprint density at radius 3 is 2.67 bits per heavy atom. The van der Waals surface area contributed by atoms with Crippen molar-refractivity contribution >= 4 is 23.5 Å². The molecule has 4 atom stereocenters. The van der Waals surface area contributed by atoms with Crippen molar-refractivity contribution in [3.8, 4) is 0 Å². The Bertz CT molecular complexity index is 733. The lowest BCUT2D eigenvalue weighted by Crippen LogP contribution is -2.39. The van der Waals surface area contributed by atoms with Crippen LogP contribution in [0.4, 0.5) is 5.69 Å². The largest absolute Gasteiger partial charge is 0.481 e. The van der Waals surface area contributed by atoms with Crippen LogP contribution in [0.25, 0.3) is 0 Å². The Kier molecular flexibility index (Phi) is 5.82. The third-order valence-electron chi connectivity index (χ3n) is 5.99. The van der Waals surface area contributed by atoms with Crippen LogP contribution in [-0.4, -0.2) is 35.5 Å². The molecule has 2 fully saturated rings. The van der Waals surface area contributed by atoms with Crippen molar-refractivity contribution in [1.82, 2.24) is 5.32 Å². The van der Waals surface area contributed by atoms with E-state index in [9.17, 15) is 14.4 Å². The van der Waals surface area contributed by atoms with Crippen molar-refractivity contribution in [2.45, 2.75) is 57.9 Å². The summed E-state index contributed by atoms with van der Waals surface area (Å²) in [5.74, 6) is -1.38. The average Bonchev–Trinajstić information content (AvgIpc) is 3.28. The number of aliphatic carboxylic acids is 1. The van der Waals surface area contributed by atoms with Gasteiger partial charge in [-0.05, 0) is 43.2 Å². The van der Waals surface area contributed by atoms with Gasteiger partial charge in [0, 0.05) is 24.7 Å². The van der Waals surface area contributed by atoms with Gasteiger partial charge in [0.25, 0.3) is 0 Å². The van der Waals surface area contributed by atoms with E-state index in [-0.39, 0.29) is 36.1 Å². The second kappa shape index (κ2) is 8.11. The molecule has 2 N–H and O–H groups in total. The van der Waals surface area contributed by atoms with E-state index in [1.54, 1.807) is 4.90 Å². The number of para-hydroxylation sites is 1. The first-order valence-electron chi connectivity index (χ1n) is 9.83. The van der Waals surface area contributed by atoms with Crippen LogP contribution >= 0.6 is 0 Å². The second-order valence-electron chi connectivity index (χ2n) is 7.83. The number of hydrogen-bond donors (Lipinski definition) is 2. The zero-order valence-electron chi connectivity index (χ0n) is 16.0. The number of anilines is 1. The molecule has 6 heteroatoms. The highest BCUT2D eigenvalue weighted by atomic mass is 16.4. The van der Waals surface area contributed by atoms with Gasteiger partial charge in [-0.15, -0.1) is 0 Å². The van der Waals surface area contributed by atoms with Gasteiger partial charge in [-0.25, -0.2) is 0 Å². The highest BCUT2D eigenvalue weighted by Crippen LogP contribution is 2.34. The van der Waals surface area contributed by atoms with Gasteiger partial charge >= 0.3 is 5.97 Å². The molecule has 27 heavy (non-hydrogen) atoms. The highest BCUT2D eigenvalue weighted by Gasteiger charge is 2.38. The summed E-state index contributed by atoms with van der Waals surface area (Å²) in [6, 6.07) is 7.81. The number of rotatable bonds is 6. The predicted molar refractivity (Wildman–Crippen MR) is 103 cm³/mol. The molecule has 0 radical (unpaired) electrons. The number of nitrogens with one attached hydrogen (secondary N) is 1. The fraction of sp³-hybridized carbons (Fsp3) is 0.571. The molecule has 1 aliphatic heterocycles. The van der Waals surface area contributed by atoms with Crippen LogP contribution < -0.4 is 10.2 Å². The van der Waals surface area contributed by atoms with Crippen molar-refractivity contribution in [3.63, 3.8) is 0 Å². The maximum Gasteiger partial charge on any atom is 0.306 e. The van der Waals surface area contributed by atoms with Crippen LogP contribution in [0.5, 0.6) is 0 Å². The molecule has 1 aliphatic carbocycles. The Balaban J connectivity index is 1.66. The first-order chi connectivity index (χ1) is 12.9. The van der Waals surface area contributed by atoms with Crippen LogP contribution in [0.15, 0.2) is 24.3 Å². The van der Waals surface area contributed by atoms with Crippen LogP contribution in [0.2, 0.25) is 0 Å². The standard InChI is InChI=1S/C21H28N2O4/c1-3-13(2)17-6-4-5-7-18(17)23-12-15(11-19(23)24)20(25)22-16-9-8-14(10-16)21(26)27/h4-7,13-16H,3,8-12H2,1-2H3,(H,22,25)(H,26,27)/t13?,14-,15?,16+/m0/s1. The Hall–Kier alpha value is -2.37. The number of carbonyl (C=O) groups excluding carboxylic acids is 2. The second-order valence-corrected chi connectivity index (χ2v) is 7.83. The molecule has 1 saturated carbocycles. The molecule has 1 saturated heterocycles. The average molecular weight is 372 g/mol. The summed E-state index contributed by atoms with van der Waals surface area (Å²) in [5, 5.41) is 12.1. The Labute approximate surface area is 159 Å². The predicted octanol–water partition coefficient (Wildman–Crippen LogP) is 2.92. The van der Waals surface area contributed by atoms with Gasteiger partial charge in [-0.3, -0.25) is 14.4 Å². The lowest BCUT2D eigenvalue weighted by molar-refractivity contribution is -0.141. The molecule has 1 heterocycles. The summed E-state index contributed by atoms with van der Waals surface area (Å²) in [6.07, 6.45) is 2.94. The first kappa shape index (κ1) is 19.4. The molecule has 146 valence electrons. The summed E-state index contributed by atoms with van der Waals surface area (Å²) in [6.45, 7) is 4.64. The van der Waals surface area contributed by atoms with Gasteiger partial charge in [-0.1, -0.05) is 32.0 Å². The number of carbonyl (C=O) groups is 3. The zero-order valence-corrected chi connectivity index (χ0v) is 16.0. The van der Waals surface area contributed by atoms with Crippen molar-refractivity contribution in [2.75, 3.05) is 11.4 Å². The molecular weight excluding hydrogens is 344 g/mol. The fourth-order valence-electron chi connectivity index (χ4n) is 4.14. The maximum atomic E-state index is 12.6. The van der Waals surface area contributed by atoms with Crippen molar-refractivity contribution in [2.24, 2.45) is 11.8 Å². The SMILES string of the molecule is CCC(C)c1ccccc1N1CC(C(=O)N[C@@H]2CC[C@H](C(=O)O)C2)CC1=O. The van der Waals surface area contributed by atoms with Crippen molar-refractivity contribution in [1.29, 1.82) is 0 Å². The third-order valence-corrected chi connectivity index (χ3v) is 5.99. The van der Waals surface area contributed by atoms with Crippen LogP contribution in [0, 0.1) is 11.8 Å². The number of hydrogen-bond acceptors (Lipinski definition) is 3. The lowest BCUT2D eigenvalue weighted by atomic mass is 9.96. The molecule has 1 aromatic rings. The Morgan fingerprint density at radius 1 is 1.26 bits per heavy atom. The maximum absolute atomic E-state index is 12.6. The molecule has 0 spiro atoms. The normalized spacial score (nSPS) is 26.2. The van der Waals surface area contributed by atoms with Crippen LogP contribution in [-0.2, 0) is 14.4 Å². The smallest absolute Gasteiger partial charge is 0.306 e. The summed E-state index contributed by atoms with van der Waals surface area (Å²) in [4.78, 5) is 38.1. The van der Waals surface area contributed by atoms with E-state index in [1.165, 1.54) is 0 Å². The third kappa shape index (κ3) is 4.15. The lowest BCUT2D eigenvalue weighted by Gasteiger charge is -2.23. The summed E-state index contributed by atoms with van der Waals surface area (Å²) < 4.78 is 0. The van der Waals surface area contributed by atoms with Crippen LogP contribution in [0.3, 0.4) is 0 Å². The summed E-state index contributed by atoms with van der Waals surface area (Å²) in [7, 11) is 0. The van der Waals surface area contributed by atoms with E-state index >= 15 is 0 Å². The highest BCUT2D eigenvalue weighted by molar-refractivity contribution is 6.01. The minimum atomic E-state index is -0.796. The molecular formula is C21H28N2O4. The molecule has 0 bridgehead atoms. The van der Waals surface area contributed by atoms with Crippen molar-refractivity contribution < 1.29 is 19.5 Å². The molecule has 2 unspecified atom stereocenters. The fourth-order valence-corrected chi connectivity index (χ4v) is 4.14. The number of nitrogens with zero attached hydrogens (tertiary/aromatic N) is 1. The molecule has 3 rings (SSSR count). The van der Waals surface area contributed by atoms with E-state index in [1.807, 2.05) is 18.2 Å². The molecule has 1 aromatic carbocycles. The van der Waals surface area contributed by atoms with E-state index in [0.29, 0.717) is 31.7 Å². The number of benzene rings is 1. The monoisotopic (exact) mass is 372 g/mol. The first-order valence-corrected chi connectivity index (χ1v) is 9.83. The number of carboxylic acids is 1. The molecule has 6 nitrogen and oxygen atoms in total. The van der Waals surface area contributed by atoms with Gasteiger partial charge in [0.1, 0.15) is 0 Å². The van der Waals surface area contributed by atoms with Gasteiger partial charge in [0.2, 0.25) is 11.8 Å². The quantitative estimate of drug-likeness (QED) is 0.804. The summed E-state index contributed by atoms with van der Waals surface area (Å²) >= 11 is 0. The van der Waals surface area contributed by atoms with E-state index < -0.39 is 5.97 Å². The minimum absolute atomic E-state index is 0.0271. The molecule has 2 amide bonds. The van der Waals surface area contributed by atoms with E-state index in [0.717, 1.165) is 17.7 Å².